The summed E-state index contributed by atoms with van der Waals surface area (Å²) in [6.45, 7) is 1.92. The minimum absolute atomic E-state index is 0.517. The first-order valence-corrected chi connectivity index (χ1v) is 8.45. The van der Waals surface area contributed by atoms with Crippen LogP contribution in [-0.4, -0.2) is 12.0 Å². The maximum Gasteiger partial charge on any atom is 0.144 e. The lowest BCUT2D eigenvalue weighted by molar-refractivity contribution is 1.23. The number of benzene rings is 2. The minimum Gasteiger partial charge on any atom is -0.372 e. The second-order valence-electron chi connectivity index (χ2n) is 5.53. The first-order valence-electron chi connectivity index (χ1n) is 7.70. The van der Waals surface area contributed by atoms with E-state index >= 15 is 0 Å². The van der Waals surface area contributed by atoms with Gasteiger partial charge in [0.1, 0.15) is 11.9 Å². The molecule has 0 aliphatic carbocycles. The van der Waals surface area contributed by atoms with Crippen molar-refractivity contribution in [1.29, 1.82) is 5.26 Å². The molecule has 0 amide bonds. The van der Waals surface area contributed by atoms with E-state index in [-0.39, 0.29) is 0 Å². The molecule has 3 rings (SSSR count). The van der Waals surface area contributed by atoms with E-state index in [1.807, 2.05) is 55.5 Å². The Hall–Kier alpha value is -2.54. The molecule has 0 aliphatic rings. The van der Waals surface area contributed by atoms with Gasteiger partial charge in [-0.15, -0.1) is 0 Å². The lowest BCUT2D eigenvalue weighted by Gasteiger charge is -2.17. The Balaban J connectivity index is 2.40. The van der Waals surface area contributed by atoms with Crippen LogP contribution in [0.4, 0.5) is 5.82 Å². The van der Waals surface area contributed by atoms with Crippen molar-refractivity contribution < 1.29 is 0 Å². The van der Waals surface area contributed by atoms with Gasteiger partial charge in [0.2, 0.25) is 0 Å². The highest BCUT2D eigenvalue weighted by Crippen LogP contribution is 2.39. The summed E-state index contributed by atoms with van der Waals surface area (Å²) < 4.78 is 0. The van der Waals surface area contributed by atoms with Gasteiger partial charge < -0.3 is 5.32 Å². The Morgan fingerprint density at radius 1 is 1.04 bits per heavy atom. The largest absolute Gasteiger partial charge is 0.372 e. The van der Waals surface area contributed by atoms with Crippen LogP contribution in [0, 0.1) is 18.3 Å². The Morgan fingerprint density at radius 2 is 1.72 bits per heavy atom. The Bertz CT molecular complexity index is 973. The number of aromatic nitrogens is 1. The van der Waals surface area contributed by atoms with E-state index < -0.39 is 0 Å². The van der Waals surface area contributed by atoms with Crippen LogP contribution >= 0.6 is 23.2 Å². The lowest BCUT2D eigenvalue weighted by Crippen LogP contribution is -2.04. The summed E-state index contributed by atoms with van der Waals surface area (Å²) in [6, 6.07) is 17.3. The van der Waals surface area contributed by atoms with Gasteiger partial charge in [-0.1, -0.05) is 53.5 Å². The van der Waals surface area contributed by atoms with Gasteiger partial charge in [-0.25, -0.2) is 4.98 Å². The standard InChI is InChI=1S/C20H15Cl2N3/c1-12-16(11-23)20(24-2)25-19(15-5-3-4-6-17(15)22)18(12)13-7-9-14(21)10-8-13/h3-10H,1-2H3,(H,24,25). The van der Waals surface area contributed by atoms with E-state index in [0.717, 1.165) is 27.9 Å². The van der Waals surface area contributed by atoms with Crippen LogP contribution in [0.3, 0.4) is 0 Å². The molecule has 3 nitrogen and oxygen atoms in total. The number of pyridine rings is 1. The average molecular weight is 368 g/mol. The molecular weight excluding hydrogens is 353 g/mol. The van der Waals surface area contributed by atoms with E-state index in [9.17, 15) is 5.26 Å². The first-order chi connectivity index (χ1) is 12.1. The molecule has 0 saturated carbocycles. The summed E-state index contributed by atoms with van der Waals surface area (Å²) in [6.07, 6.45) is 0. The Morgan fingerprint density at radius 3 is 2.32 bits per heavy atom. The second-order valence-corrected chi connectivity index (χ2v) is 6.38. The monoisotopic (exact) mass is 367 g/mol. The highest BCUT2D eigenvalue weighted by atomic mass is 35.5. The Kier molecular flexibility index (Phi) is 4.94. The fourth-order valence-corrected chi connectivity index (χ4v) is 3.19. The van der Waals surface area contributed by atoms with Gasteiger partial charge in [0.05, 0.1) is 11.3 Å². The third kappa shape index (κ3) is 3.19. The summed E-state index contributed by atoms with van der Waals surface area (Å²) in [5.74, 6) is 0.535. The zero-order valence-corrected chi connectivity index (χ0v) is 15.3. The number of hydrogen-bond acceptors (Lipinski definition) is 3. The zero-order chi connectivity index (χ0) is 18.0. The van der Waals surface area contributed by atoms with E-state index in [1.165, 1.54) is 0 Å². The molecular formula is C20H15Cl2N3. The summed E-state index contributed by atoms with van der Waals surface area (Å²) in [5, 5.41) is 13.9. The highest BCUT2D eigenvalue weighted by molar-refractivity contribution is 6.33. The third-order valence-electron chi connectivity index (χ3n) is 4.06. The maximum atomic E-state index is 9.58. The predicted octanol–water partition coefficient (Wildman–Crippen LogP) is 5.94. The quantitative estimate of drug-likeness (QED) is 0.622. The van der Waals surface area contributed by atoms with Crippen molar-refractivity contribution in [1.82, 2.24) is 4.98 Å². The summed E-state index contributed by atoms with van der Waals surface area (Å²) in [4.78, 5) is 4.70. The van der Waals surface area contributed by atoms with Crippen molar-refractivity contribution in [2.45, 2.75) is 6.92 Å². The molecule has 1 aromatic heterocycles. The fraction of sp³-hybridized carbons (Fsp3) is 0.100. The molecule has 1 heterocycles. The summed E-state index contributed by atoms with van der Waals surface area (Å²) in [7, 11) is 1.75. The molecule has 0 unspecified atom stereocenters. The molecule has 0 fully saturated rings. The molecule has 3 aromatic rings. The molecule has 1 N–H and O–H groups in total. The average Bonchev–Trinajstić information content (AvgIpc) is 2.62. The van der Waals surface area contributed by atoms with E-state index in [2.05, 4.69) is 11.4 Å². The van der Waals surface area contributed by atoms with Crippen LogP contribution < -0.4 is 5.32 Å². The van der Waals surface area contributed by atoms with Gasteiger partial charge >= 0.3 is 0 Å². The predicted molar refractivity (Wildman–Crippen MR) is 104 cm³/mol. The number of nitriles is 1. The molecule has 0 bridgehead atoms. The molecule has 2 aromatic carbocycles. The molecule has 124 valence electrons. The number of nitrogens with one attached hydrogen (secondary N) is 1. The normalized spacial score (nSPS) is 10.4. The lowest BCUT2D eigenvalue weighted by atomic mass is 9.92. The number of rotatable bonds is 3. The Labute approximate surface area is 156 Å². The van der Waals surface area contributed by atoms with Gasteiger partial charge in [0.25, 0.3) is 0 Å². The van der Waals surface area contributed by atoms with Gasteiger partial charge in [0.15, 0.2) is 0 Å². The molecule has 5 heteroatoms. The van der Waals surface area contributed by atoms with Crippen molar-refractivity contribution in [3.63, 3.8) is 0 Å². The van der Waals surface area contributed by atoms with Crippen molar-refractivity contribution in [3.05, 3.63) is 69.7 Å². The van der Waals surface area contributed by atoms with E-state index in [4.69, 9.17) is 28.2 Å². The van der Waals surface area contributed by atoms with Crippen LogP contribution in [0.25, 0.3) is 22.4 Å². The second kappa shape index (κ2) is 7.14. The fourth-order valence-electron chi connectivity index (χ4n) is 2.84. The molecule has 0 spiro atoms. The first kappa shape index (κ1) is 17.3. The highest BCUT2D eigenvalue weighted by Gasteiger charge is 2.20. The number of nitrogens with zero attached hydrogens (tertiary/aromatic N) is 2. The maximum absolute atomic E-state index is 9.58. The van der Waals surface area contributed by atoms with Gasteiger partial charge in [-0.05, 0) is 36.2 Å². The molecule has 0 saturated heterocycles. The van der Waals surface area contributed by atoms with Crippen LogP contribution in [0.2, 0.25) is 10.0 Å². The zero-order valence-electron chi connectivity index (χ0n) is 13.8. The SMILES string of the molecule is CNc1nc(-c2ccccc2Cl)c(-c2ccc(Cl)cc2)c(C)c1C#N. The van der Waals surface area contributed by atoms with Crippen LogP contribution in [0.15, 0.2) is 48.5 Å². The van der Waals surface area contributed by atoms with Gasteiger partial charge in [-0.3, -0.25) is 0 Å². The molecule has 0 atom stereocenters. The van der Waals surface area contributed by atoms with Crippen molar-refractivity contribution in [2.24, 2.45) is 0 Å². The molecule has 25 heavy (non-hydrogen) atoms. The van der Waals surface area contributed by atoms with Gasteiger partial charge in [0, 0.05) is 28.2 Å². The van der Waals surface area contributed by atoms with E-state index in [0.29, 0.717) is 21.4 Å². The van der Waals surface area contributed by atoms with Crippen molar-refractivity contribution >= 4 is 29.0 Å². The number of hydrogen-bond donors (Lipinski definition) is 1. The number of anilines is 1. The molecule has 0 aliphatic heterocycles. The van der Waals surface area contributed by atoms with Crippen LogP contribution in [-0.2, 0) is 0 Å². The topological polar surface area (TPSA) is 48.7 Å². The third-order valence-corrected chi connectivity index (χ3v) is 4.64. The van der Waals surface area contributed by atoms with Crippen LogP contribution in [0.5, 0.6) is 0 Å². The minimum atomic E-state index is 0.517. The number of halogens is 2. The van der Waals surface area contributed by atoms with E-state index in [1.54, 1.807) is 7.05 Å². The summed E-state index contributed by atoms with van der Waals surface area (Å²) >= 11 is 12.4. The molecule has 0 radical (unpaired) electrons. The van der Waals surface area contributed by atoms with Crippen molar-refractivity contribution in [3.8, 4) is 28.5 Å². The van der Waals surface area contributed by atoms with Crippen LogP contribution in [0.1, 0.15) is 11.1 Å². The summed E-state index contributed by atoms with van der Waals surface area (Å²) in [5.41, 5.74) is 4.72. The van der Waals surface area contributed by atoms with Crippen molar-refractivity contribution in [2.75, 3.05) is 12.4 Å². The van der Waals surface area contributed by atoms with Gasteiger partial charge in [-0.2, -0.15) is 5.26 Å². The smallest absolute Gasteiger partial charge is 0.144 e.